The molecule has 1 unspecified atom stereocenters. The molecule has 1 rings (SSSR count). The summed E-state index contributed by atoms with van der Waals surface area (Å²) in [7, 11) is 0. The van der Waals surface area contributed by atoms with Gasteiger partial charge in [0.25, 0.3) is 0 Å². The van der Waals surface area contributed by atoms with Crippen LogP contribution in [0.2, 0.25) is 0 Å². The van der Waals surface area contributed by atoms with Crippen LogP contribution in [0.1, 0.15) is 39.5 Å². The van der Waals surface area contributed by atoms with Gasteiger partial charge in [0.1, 0.15) is 0 Å². The highest BCUT2D eigenvalue weighted by Crippen LogP contribution is 2.29. The largest absolute Gasteiger partial charge is 0.381 e. The van der Waals surface area contributed by atoms with Gasteiger partial charge in [0.05, 0.1) is 5.41 Å². The van der Waals surface area contributed by atoms with Gasteiger partial charge < -0.3 is 15.8 Å². The molecule has 0 radical (unpaired) electrons. The summed E-state index contributed by atoms with van der Waals surface area (Å²) >= 11 is 0. The summed E-state index contributed by atoms with van der Waals surface area (Å²) in [4.78, 5) is 12.2. The van der Waals surface area contributed by atoms with Crippen LogP contribution in [0.25, 0.3) is 0 Å². The van der Waals surface area contributed by atoms with Crippen LogP contribution < -0.4 is 11.1 Å². The van der Waals surface area contributed by atoms with Crippen molar-refractivity contribution in [3.63, 3.8) is 0 Å². The summed E-state index contributed by atoms with van der Waals surface area (Å²) in [5, 5.41) is 3.07. The van der Waals surface area contributed by atoms with Gasteiger partial charge in [-0.15, -0.1) is 0 Å². The number of nitrogens with one attached hydrogen (secondary N) is 1. The molecule has 94 valence electrons. The van der Waals surface area contributed by atoms with E-state index >= 15 is 0 Å². The number of carbonyl (C=O) groups is 1. The molecule has 1 atom stereocenters. The summed E-state index contributed by atoms with van der Waals surface area (Å²) in [6.45, 7) is 5.88. The minimum absolute atomic E-state index is 0.110. The van der Waals surface area contributed by atoms with Crippen LogP contribution >= 0.6 is 0 Å². The number of nitrogens with two attached hydrogens (primary N) is 1. The van der Waals surface area contributed by atoms with Gasteiger partial charge in [-0.1, -0.05) is 13.3 Å². The fourth-order valence-electron chi connectivity index (χ4n) is 2.17. The highest BCUT2D eigenvalue weighted by molar-refractivity contribution is 5.83. The van der Waals surface area contributed by atoms with Gasteiger partial charge in [-0.3, -0.25) is 4.79 Å². The minimum atomic E-state index is -0.389. The maximum Gasteiger partial charge on any atom is 0.227 e. The lowest BCUT2D eigenvalue weighted by Crippen LogP contribution is -2.51. The summed E-state index contributed by atoms with van der Waals surface area (Å²) in [5.41, 5.74) is 5.38. The molecule has 0 aliphatic carbocycles. The van der Waals surface area contributed by atoms with E-state index in [0.717, 1.165) is 25.7 Å². The van der Waals surface area contributed by atoms with Crippen LogP contribution in [0.4, 0.5) is 0 Å². The number of hydrogen-bond acceptors (Lipinski definition) is 3. The zero-order valence-electron chi connectivity index (χ0n) is 10.4. The van der Waals surface area contributed by atoms with Crippen molar-refractivity contribution in [1.82, 2.24) is 5.32 Å². The zero-order valence-corrected chi connectivity index (χ0v) is 10.4. The molecule has 3 N–H and O–H groups in total. The Kier molecular flexibility index (Phi) is 5.22. The van der Waals surface area contributed by atoms with Crippen molar-refractivity contribution in [2.24, 2.45) is 11.1 Å². The van der Waals surface area contributed by atoms with E-state index in [-0.39, 0.29) is 17.4 Å². The third-order valence-corrected chi connectivity index (χ3v) is 3.42. The van der Waals surface area contributed by atoms with Crippen molar-refractivity contribution in [2.75, 3.05) is 19.8 Å². The quantitative estimate of drug-likeness (QED) is 0.739. The van der Waals surface area contributed by atoms with E-state index in [1.54, 1.807) is 0 Å². The lowest BCUT2D eigenvalue weighted by Gasteiger charge is -2.35. The molecule has 4 nitrogen and oxygen atoms in total. The lowest BCUT2D eigenvalue weighted by atomic mass is 9.79. The highest BCUT2D eigenvalue weighted by Gasteiger charge is 2.38. The molecule has 1 fully saturated rings. The van der Waals surface area contributed by atoms with Crippen molar-refractivity contribution in [1.29, 1.82) is 0 Å². The fraction of sp³-hybridized carbons (Fsp3) is 0.917. The van der Waals surface area contributed by atoms with Crippen molar-refractivity contribution in [3.05, 3.63) is 0 Å². The molecule has 1 aliphatic rings. The van der Waals surface area contributed by atoms with E-state index in [0.29, 0.717) is 19.8 Å². The number of rotatable bonds is 5. The Labute approximate surface area is 97.9 Å². The molecule has 1 heterocycles. The molecule has 1 saturated heterocycles. The van der Waals surface area contributed by atoms with Crippen molar-refractivity contribution < 1.29 is 9.53 Å². The molecule has 1 amide bonds. The molecule has 0 bridgehead atoms. The Hall–Kier alpha value is -0.610. The summed E-state index contributed by atoms with van der Waals surface area (Å²) < 4.78 is 5.29. The van der Waals surface area contributed by atoms with E-state index in [1.807, 2.05) is 6.92 Å². The van der Waals surface area contributed by atoms with Crippen molar-refractivity contribution in [3.8, 4) is 0 Å². The molecule has 0 aromatic carbocycles. The van der Waals surface area contributed by atoms with Crippen LogP contribution in [0.3, 0.4) is 0 Å². The fourth-order valence-corrected chi connectivity index (χ4v) is 2.17. The minimum Gasteiger partial charge on any atom is -0.381 e. The summed E-state index contributed by atoms with van der Waals surface area (Å²) in [6, 6.07) is 0.240. The molecule has 16 heavy (non-hydrogen) atoms. The standard InChI is InChI=1S/C12H24N2O2/c1-3-4-10(2)14-11(15)12(9-13)5-7-16-8-6-12/h10H,3-9,13H2,1-2H3,(H,14,15). The Balaban J connectivity index is 2.54. The Morgan fingerprint density at radius 2 is 2.12 bits per heavy atom. The smallest absolute Gasteiger partial charge is 0.227 e. The molecule has 4 heteroatoms. The number of amides is 1. The monoisotopic (exact) mass is 228 g/mol. The second kappa shape index (κ2) is 6.21. The first-order chi connectivity index (χ1) is 7.64. The Morgan fingerprint density at radius 1 is 1.50 bits per heavy atom. The van der Waals surface area contributed by atoms with Gasteiger partial charge in [-0.2, -0.15) is 0 Å². The average molecular weight is 228 g/mol. The van der Waals surface area contributed by atoms with Gasteiger partial charge in [-0.05, 0) is 26.2 Å². The molecule has 0 aromatic heterocycles. The van der Waals surface area contributed by atoms with Gasteiger partial charge >= 0.3 is 0 Å². The second-order valence-electron chi connectivity index (χ2n) is 4.76. The zero-order chi connectivity index (χ0) is 12.0. The van der Waals surface area contributed by atoms with E-state index in [9.17, 15) is 4.79 Å². The Morgan fingerprint density at radius 3 is 2.62 bits per heavy atom. The predicted molar refractivity (Wildman–Crippen MR) is 64.1 cm³/mol. The van der Waals surface area contributed by atoms with E-state index in [1.165, 1.54) is 0 Å². The molecule has 1 aliphatic heterocycles. The van der Waals surface area contributed by atoms with Gasteiger partial charge in [0.2, 0.25) is 5.91 Å². The molecular formula is C12H24N2O2. The molecule has 0 aromatic rings. The van der Waals surface area contributed by atoms with Crippen LogP contribution in [-0.4, -0.2) is 31.7 Å². The van der Waals surface area contributed by atoms with Gasteiger partial charge in [0, 0.05) is 25.8 Å². The van der Waals surface area contributed by atoms with E-state index < -0.39 is 0 Å². The van der Waals surface area contributed by atoms with Crippen LogP contribution in [0.15, 0.2) is 0 Å². The van der Waals surface area contributed by atoms with E-state index in [4.69, 9.17) is 10.5 Å². The summed E-state index contributed by atoms with van der Waals surface area (Å²) in [5.74, 6) is 0.110. The van der Waals surface area contributed by atoms with Crippen molar-refractivity contribution in [2.45, 2.75) is 45.6 Å². The first-order valence-electron chi connectivity index (χ1n) is 6.23. The van der Waals surface area contributed by atoms with Crippen LogP contribution in [0, 0.1) is 5.41 Å². The Bertz CT molecular complexity index is 225. The van der Waals surface area contributed by atoms with Gasteiger partial charge in [0.15, 0.2) is 0 Å². The van der Waals surface area contributed by atoms with Crippen LogP contribution in [-0.2, 0) is 9.53 Å². The maximum absolute atomic E-state index is 12.2. The normalized spacial score (nSPS) is 21.4. The van der Waals surface area contributed by atoms with Crippen molar-refractivity contribution >= 4 is 5.91 Å². The van der Waals surface area contributed by atoms with Gasteiger partial charge in [-0.25, -0.2) is 0 Å². The first-order valence-corrected chi connectivity index (χ1v) is 6.23. The lowest BCUT2D eigenvalue weighted by molar-refractivity contribution is -0.136. The van der Waals surface area contributed by atoms with E-state index in [2.05, 4.69) is 12.2 Å². The topological polar surface area (TPSA) is 64.4 Å². The highest BCUT2D eigenvalue weighted by atomic mass is 16.5. The SMILES string of the molecule is CCCC(C)NC(=O)C1(CN)CCOCC1. The number of carbonyl (C=O) groups excluding carboxylic acids is 1. The predicted octanol–water partition coefficient (Wildman–Crippen LogP) is 1.05. The first kappa shape index (κ1) is 13.5. The average Bonchev–Trinajstić information content (AvgIpc) is 2.30. The molecule has 0 saturated carbocycles. The second-order valence-corrected chi connectivity index (χ2v) is 4.76. The third kappa shape index (κ3) is 3.19. The third-order valence-electron chi connectivity index (χ3n) is 3.42. The van der Waals surface area contributed by atoms with Crippen LogP contribution in [0.5, 0.6) is 0 Å². The number of ether oxygens (including phenoxy) is 1. The summed E-state index contributed by atoms with van der Waals surface area (Å²) in [6.07, 6.45) is 3.59. The number of hydrogen-bond donors (Lipinski definition) is 2. The molecular weight excluding hydrogens is 204 g/mol. The molecule has 0 spiro atoms. The maximum atomic E-state index is 12.2.